The van der Waals surface area contributed by atoms with Gasteiger partial charge in [-0.2, -0.15) is 5.10 Å². The van der Waals surface area contributed by atoms with Crippen molar-refractivity contribution in [1.29, 1.82) is 0 Å². The molecule has 0 aliphatic heterocycles. The highest BCUT2D eigenvalue weighted by Crippen LogP contribution is 2.12. The number of benzene rings is 1. The van der Waals surface area contributed by atoms with Crippen molar-refractivity contribution in [3.8, 4) is 5.75 Å². The Balaban J connectivity index is 1.59. The number of nitrogens with one attached hydrogen (secondary N) is 2. The lowest BCUT2D eigenvalue weighted by atomic mass is 10.2. The van der Waals surface area contributed by atoms with Crippen LogP contribution in [0.25, 0.3) is 0 Å². The number of carbonyl (C=O) groups excluding carboxylic acids is 1. The first-order valence-corrected chi connectivity index (χ1v) is 6.54. The first-order valence-electron chi connectivity index (χ1n) is 6.54. The zero-order chi connectivity index (χ0) is 14.2. The predicted octanol–water partition coefficient (Wildman–Crippen LogP) is 1.59. The summed E-state index contributed by atoms with van der Waals surface area (Å²) in [5.74, 6) is 1.47. The van der Waals surface area contributed by atoms with E-state index in [1.54, 1.807) is 0 Å². The Labute approximate surface area is 117 Å². The first kappa shape index (κ1) is 14.0. The molecule has 106 valence electrons. The molecule has 0 saturated carbocycles. The number of rotatable bonds is 7. The topological polar surface area (TPSA) is 79.9 Å². The highest BCUT2D eigenvalue weighted by molar-refractivity contribution is 5.75. The number of ether oxygens (including phenoxy) is 1. The van der Waals surface area contributed by atoms with Crippen molar-refractivity contribution < 1.29 is 9.53 Å². The van der Waals surface area contributed by atoms with Crippen LogP contribution in [0.2, 0.25) is 0 Å². The van der Waals surface area contributed by atoms with Gasteiger partial charge in [0.2, 0.25) is 5.91 Å². The smallest absolute Gasteiger partial charge is 0.220 e. The molecule has 6 heteroatoms. The number of H-pyrrole nitrogens is 1. The Morgan fingerprint density at radius 2 is 2.35 bits per heavy atom. The molecule has 0 unspecified atom stereocenters. The number of amides is 1. The van der Waals surface area contributed by atoms with Gasteiger partial charge in [-0.25, -0.2) is 4.98 Å². The van der Waals surface area contributed by atoms with Crippen molar-refractivity contribution in [1.82, 2.24) is 20.5 Å². The van der Waals surface area contributed by atoms with Gasteiger partial charge in [-0.05, 0) is 31.0 Å². The maximum atomic E-state index is 11.6. The zero-order valence-corrected chi connectivity index (χ0v) is 11.4. The second-order valence-corrected chi connectivity index (χ2v) is 4.48. The average molecular weight is 274 g/mol. The van der Waals surface area contributed by atoms with E-state index >= 15 is 0 Å². The molecular formula is C14H18N4O2. The van der Waals surface area contributed by atoms with Gasteiger partial charge in [-0.1, -0.05) is 12.1 Å². The lowest BCUT2D eigenvalue weighted by molar-refractivity contribution is -0.121. The summed E-state index contributed by atoms with van der Waals surface area (Å²) in [6, 6.07) is 7.86. The van der Waals surface area contributed by atoms with Crippen LogP contribution in [0.4, 0.5) is 0 Å². The highest BCUT2D eigenvalue weighted by atomic mass is 16.5. The number of aromatic amines is 1. The molecular weight excluding hydrogens is 256 g/mol. The van der Waals surface area contributed by atoms with E-state index in [0.717, 1.165) is 11.3 Å². The molecule has 0 spiro atoms. The molecule has 0 radical (unpaired) electrons. The number of aryl methyl sites for hydroxylation is 1. The average Bonchev–Trinajstić information content (AvgIpc) is 2.95. The number of carbonyl (C=O) groups is 1. The maximum Gasteiger partial charge on any atom is 0.220 e. The molecule has 1 aromatic carbocycles. The molecule has 0 aliphatic carbocycles. The number of aromatic nitrogens is 3. The van der Waals surface area contributed by atoms with Crippen LogP contribution >= 0.6 is 0 Å². The van der Waals surface area contributed by atoms with Crippen LogP contribution in [-0.2, 0) is 11.3 Å². The molecule has 2 rings (SSSR count). The molecule has 1 heterocycles. The van der Waals surface area contributed by atoms with E-state index in [9.17, 15) is 4.79 Å². The van der Waals surface area contributed by atoms with Crippen LogP contribution in [0.5, 0.6) is 5.75 Å². The van der Waals surface area contributed by atoms with Gasteiger partial charge in [0.25, 0.3) is 0 Å². The lowest BCUT2D eigenvalue weighted by Gasteiger charge is -2.07. The van der Waals surface area contributed by atoms with Crippen molar-refractivity contribution in [2.24, 2.45) is 0 Å². The largest absolute Gasteiger partial charge is 0.494 e. The number of nitrogens with zero attached hydrogens (tertiary/aromatic N) is 2. The first-order chi connectivity index (χ1) is 9.74. The summed E-state index contributed by atoms with van der Waals surface area (Å²) in [5, 5.41) is 9.16. The summed E-state index contributed by atoms with van der Waals surface area (Å²) in [4.78, 5) is 15.5. The van der Waals surface area contributed by atoms with Gasteiger partial charge >= 0.3 is 0 Å². The maximum absolute atomic E-state index is 11.6. The van der Waals surface area contributed by atoms with Gasteiger partial charge in [0.15, 0.2) is 0 Å². The van der Waals surface area contributed by atoms with Gasteiger partial charge < -0.3 is 10.1 Å². The monoisotopic (exact) mass is 274 g/mol. The van der Waals surface area contributed by atoms with E-state index in [4.69, 9.17) is 4.74 Å². The molecule has 6 nitrogen and oxygen atoms in total. The molecule has 2 aromatic rings. The quantitative estimate of drug-likeness (QED) is 0.751. The molecule has 1 aromatic heterocycles. The summed E-state index contributed by atoms with van der Waals surface area (Å²) < 4.78 is 5.58. The minimum absolute atomic E-state index is 0.0192. The molecule has 0 fully saturated rings. The van der Waals surface area contributed by atoms with E-state index in [1.165, 1.54) is 6.33 Å². The summed E-state index contributed by atoms with van der Waals surface area (Å²) in [5.41, 5.74) is 1.16. The summed E-state index contributed by atoms with van der Waals surface area (Å²) >= 11 is 0. The lowest BCUT2D eigenvalue weighted by Crippen LogP contribution is -2.23. The van der Waals surface area contributed by atoms with Crippen molar-refractivity contribution >= 4 is 5.91 Å². The zero-order valence-electron chi connectivity index (χ0n) is 11.4. The third kappa shape index (κ3) is 4.72. The van der Waals surface area contributed by atoms with Gasteiger partial charge in [0.1, 0.15) is 17.9 Å². The normalized spacial score (nSPS) is 10.2. The van der Waals surface area contributed by atoms with Crippen LogP contribution in [0, 0.1) is 6.92 Å². The van der Waals surface area contributed by atoms with Crippen molar-refractivity contribution in [2.45, 2.75) is 26.3 Å². The standard InChI is InChI=1S/C14H18N4O2/c1-11-4-2-5-12(8-11)20-7-3-6-14(19)15-9-13-16-10-17-18-13/h2,4-5,8,10H,3,6-7,9H2,1H3,(H,15,19)(H,16,17,18). The molecule has 0 bridgehead atoms. The Kier molecular flexibility index (Phi) is 5.11. The fourth-order valence-corrected chi connectivity index (χ4v) is 1.71. The fourth-order valence-electron chi connectivity index (χ4n) is 1.71. The summed E-state index contributed by atoms with van der Waals surface area (Å²) in [7, 11) is 0. The molecule has 1 amide bonds. The van der Waals surface area contributed by atoms with Crippen molar-refractivity contribution in [3.05, 3.63) is 42.0 Å². The third-order valence-corrected chi connectivity index (χ3v) is 2.72. The fraction of sp³-hybridized carbons (Fsp3) is 0.357. The second kappa shape index (κ2) is 7.28. The second-order valence-electron chi connectivity index (χ2n) is 4.48. The third-order valence-electron chi connectivity index (χ3n) is 2.72. The molecule has 0 aliphatic rings. The van der Waals surface area contributed by atoms with Crippen LogP contribution in [0.15, 0.2) is 30.6 Å². The van der Waals surface area contributed by atoms with Crippen LogP contribution in [-0.4, -0.2) is 27.7 Å². The highest BCUT2D eigenvalue weighted by Gasteiger charge is 2.03. The molecule has 2 N–H and O–H groups in total. The Hall–Kier alpha value is -2.37. The van der Waals surface area contributed by atoms with Gasteiger partial charge in [0, 0.05) is 6.42 Å². The predicted molar refractivity (Wildman–Crippen MR) is 74.1 cm³/mol. The SMILES string of the molecule is Cc1cccc(OCCCC(=O)NCc2ncn[nH]2)c1. The summed E-state index contributed by atoms with van der Waals surface area (Å²) in [6.07, 6.45) is 2.52. The van der Waals surface area contributed by atoms with Gasteiger partial charge in [-0.3, -0.25) is 9.89 Å². The van der Waals surface area contributed by atoms with Crippen LogP contribution < -0.4 is 10.1 Å². The van der Waals surface area contributed by atoms with Gasteiger partial charge in [-0.15, -0.1) is 0 Å². The van der Waals surface area contributed by atoms with E-state index in [1.807, 2.05) is 31.2 Å². The van der Waals surface area contributed by atoms with E-state index in [-0.39, 0.29) is 5.91 Å². The van der Waals surface area contributed by atoms with E-state index < -0.39 is 0 Å². The van der Waals surface area contributed by atoms with Crippen LogP contribution in [0.3, 0.4) is 0 Å². The van der Waals surface area contributed by atoms with Crippen molar-refractivity contribution in [3.63, 3.8) is 0 Å². The van der Waals surface area contributed by atoms with Crippen molar-refractivity contribution in [2.75, 3.05) is 6.61 Å². The Morgan fingerprint density at radius 3 is 3.10 bits per heavy atom. The minimum Gasteiger partial charge on any atom is -0.494 e. The van der Waals surface area contributed by atoms with E-state index in [0.29, 0.717) is 31.8 Å². The molecule has 0 atom stereocenters. The molecule has 0 saturated heterocycles. The minimum atomic E-state index is -0.0192. The number of hydrogen-bond acceptors (Lipinski definition) is 4. The summed E-state index contributed by atoms with van der Waals surface area (Å²) in [6.45, 7) is 2.92. The Morgan fingerprint density at radius 1 is 1.45 bits per heavy atom. The van der Waals surface area contributed by atoms with E-state index in [2.05, 4.69) is 20.5 Å². The van der Waals surface area contributed by atoms with Crippen LogP contribution in [0.1, 0.15) is 24.2 Å². The molecule has 20 heavy (non-hydrogen) atoms. The number of hydrogen-bond donors (Lipinski definition) is 2. The Bertz CT molecular complexity index is 540. The van der Waals surface area contributed by atoms with Gasteiger partial charge in [0.05, 0.1) is 13.2 Å².